The van der Waals surface area contributed by atoms with Gasteiger partial charge in [-0.2, -0.15) is 0 Å². The van der Waals surface area contributed by atoms with E-state index in [0.717, 1.165) is 0 Å². The Bertz CT molecular complexity index is 1250. The van der Waals surface area contributed by atoms with Gasteiger partial charge in [0.05, 0.1) is 10.4 Å². The second kappa shape index (κ2) is 8.00. The minimum atomic E-state index is -0.392. The molecule has 4 rings (SSSR count). The predicted molar refractivity (Wildman–Crippen MR) is 113 cm³/mol. The van der Waals surface area contributed by atoms with Gasteiger partial charge in [-0.1, -0.05) is 0 Å². The summed E-state index contributed by atoms with van der Waals surface area (Å²) < 4.78 is 26.1. The van der Waals surface area contributed by atoms with E-state index in [1.54, 1.807) is 13.0 Å². The zero-order valence-electron chi connectivity index (χ0n) is 15.7. The lowest BCUT2D eigenvalue weighted by Crippen LogP contribution is -2.12. The first-order valence-corrected chi connectivity index (χ1v) is 9.75. The van der Waals surface area contributed by atoms with E-state index in [0.29, 0.717) is 37.6 Å². The predicted octanol–water partition coefficient (Wildman–Crippen LogP) is 5.39. The van der Waals surface area contributed by atoms with Crippen LogP contribution in [0.15, 0.2) is 60.8 Å². The molecule has 0 aliphatic carbocycles. The number of anilines is 2. The van der Waals surface area contributed by atoms with Crippen LogP contribution < -0.4 is 10.6 Å². The van der Waals surface area contributed by atoms with Gasteiger partial charge in [-0.05, 0) is 67.1 Å². The number of fused-ring (bicyclic) bond motifs is 1. The number of nitrogens with one attached hydrogen (secondary N) is 2. The topological polar surface area (TPSA) is 71.1 Å². The fourth-order valence-corrected chi connectivity index (χ4v) is 3.92. The van der Waals surface area contributed by atoms with Gasteiger partial charge in [-0.3, -0.25) is 9.59 Å². The Balaban J connectivity index is 1.58. The average molecular weight is 423 g/mol. The van der Waals surface area contributed by atoms with Crippen molar-refractivity contribution in [1.29, 1.82) is 0 Å². The van der Waals surface area contributed by atoms with Crippen molar-refractivity contribution < 1.29 is 18.4 Å². The van der Waals surface area contributed by atoms with Crippen molar-refractivity contribution in [2.24, 2.45) is 0 Å². The molecule has 0 bridgehead atoms. The van der Waals surface area contributed by atoms with E-state index in [4.69, 9.17) is 0 Å². The van der Waals surface area contributed by atoms with Gasteiger partial charge in [0.1, 0.15) is 16.5 Å². The average Bonchev–Trinajstić information content (AvgIpc) is 3.07. The molecule has 2 heterocycles. The number of amides is 2. The summed E-state index contributed by atoms with van der Waals surface area (Å²) in [7, 11) is 0. The standard InChI is InChI=1S/C22H15F2N3O2S/c1-12-18-10-13(20(28)26-16-6-2-14(23)3-7-16)11-25-22(18)30-19(12)21(29)27-17-8-4-15(24)5-9-17/h2-11H,1H3,(H,26,28)(H,27,29). The summed E-state index contributed by atoms with van der Waals surface area (Å²) in [6.07, 6.45) is 1.43. The Hall–Kier alpha value is -3.65. The van der Waals surface area contributed by atoms with Gasteiger partial charge in [0, 0.05) is 23.0 Å². The first-order valence-electron chi connectivity index (χ1n) is 8.94. The van der Waals surface area contributed by atoms with E-state index in [1.165, 1.54) is 66.1 Å². The van der Waals surface area contributed by atoms with Crippen LogP contribution in [0.5, 0.6) is 0 Å². The molecule has 0 atom stereocenters. The fraction of sp³-hybridized carbons (Fsp3) is 0.0455. The highest BCUT2D eigenvalue weighted by Crippen LogP contribution is 2.30. The molecule has 0 fully saturated rings. The summed E-state index contributed by atoms with van der Waals surface area (Å²) in [4.78, 5) is 30.5. The Kier molecular flexibility index (Phi) is 5.24. The highest BCUT2D eigenvalue weighted by Gasteiger charge is 2.18. The first kappa shape index (κ1) is 19.7. The number of thiophene rings is 1. The normalized spacial score (nSPS) is 10.8. The zero-order valence-corrected chi connectivity index (χ0v) is 16.5. The molecule has 0 saturated heterocycles. The Morgan fingerprint density at radius 3 is 1.97 bits per heavy atom. The number of carbonyl (C=O) groups is 2. The molecule has 30 heavy (non-hydrogen) atoms. The van der Waals surface area contributed by atoms with E-state index in [1.807, 2.05) is 0 Å². The maximum atomic E-state index is 13.0. The van der Waals surface area contributed by atoms with E-state index >= 15 is 0 Å². The summed E-state index contributed by atoms with van der Waals surface area (Å²) in [5.74, 6) is -1.50. The second-order valence-corrected chi connectivity index (χ2v) is 7.55. The number of carbonyl (C=O) groups excluding carboxylic acids is 2. The second-order valence-electron chi connectivity index (χ2n) is 6.55. The summed E-state index contributed by atoms with van der Waals surface area (Å²) >= 11 is 1.21. The molecule has 0 unspecified atom stereocenters. The number of halogens is 2. The Morgan fingerprint density at radius 2 is 1.40 bits per heavy atom. The van der Waals surface area contributed by atoms with Crippen LogP contribution in [-0.4, -0.2) is 16.8 Å². The van der Waals surface area contributed by atoms with Crippen molar-refractivity contribution >= 4 is 44.7 Å². The van der Waals surface area contributed by atoms with Crippen molar-refractivity contribution in [1.82, 2.24) is 4.98 Å². The smallest absolute Gasteiger partial charge is 0.266 e. The number of benzene rings is 2. The molecule has 0 aliphatic rings. The molecule has 0 saturated carbocycles. The van der Waals surface area contributed by atoms with Crippen molar-refractivity contribution in [3.8, 4) is 0 Å². The molecule has 5 nitrogen and oxygen atoms in total. The van der Waals surface area contributed by atoms with E-state index < -0.39 is 5.82 Å². The number of hydrogen-bond acceptors (Lipinski definition) is 4. The van der Waals surface area contributed by atoms with Gasteiger partial charge < -0.3 is 10.6 Å². The molecule has 0 spiro atoms. The number of aryl methyl sites for hydroxylation is 1. The third-order valence-electron chi connectivity index (χ3n) is 4.47. The fourth-order valence-electron chi connectivity index (χ4n) is 2.90. The van der Waals surface area contributed by atoms with Crippen LogP contribution in [0.1, 0.15) is 25.6 Å². The number of nitrogens with zero attached hydrogens (tertiary/aromatic N) is 1. The van der Waals surface area contributed by atoms with Gasteiger partial charge in [0.25, 0.3) is 11.8 Å². The third kappa shape index (κ3) is 4.04. The van der Waals surface area contributed by atoms with E-state index in [2.05, 4.69) is 15.6 Å². The number of aromatic nitrogens is 1. The number of rotatable bonds is 4. The minimum Gasteiger partial charge on any atom is -0.322 e. The van der Waals surface area contributed by atoms with Crippen LogP contribution in [0.4, 0.5) is 20.2 Å². The van der Waals surface area contributed by atoms with E-state index in [9.17, 15) is 18.4 Å². The van der Waals surface area contributed by atoms with Crippen molar-refractivity contribution in [2.75, 3.05) is 10.6 Å². The Morgan fingerprint density at radius 1 is 0.867 bits per heavy atom. The Labute approximate surface area is 174 Å². The monoisotopic (exact) mass is 423 g/mol. The van der Waals surface area contributed by atoms with Crippen LogP contribution in [-0.2, 0) is 0 Å². The highest BCUT2D eigenvalue weighted by atomic mass is 32.1. The molecule has 2 aromatic carbocycles. The van der Waals surface area contributed by atoms with Gasteiger partial charge in [0.15, 0.2) is 0 Å². The molecular weight excluding hydrogens is 408 g/mol. The summed E-state index contributed by atoms with van der Waals surface area (Å²) in [5, 5.41) is 6.10. The van der Waals surface area contributed by atoms with Crippen LogP contribution in [0, 0.1) is 18.6 Å². The van der Waals surface area contributed by atoms with Gasteiger partial charge in [0.2, 0.25) is 0 Å². The third-order valence-corrected chi connectivity index (χ3v) is 5.68. The summed E-state index contributed by atoms with van der Waals surface area (Å²) in [5.41, 5.74) is 1.95. The van der Waals surface area contributed by atoms with E-state index in [-0.39, 0.29) is 17.6 Å². The number of pyridine rings is 1. The largest absolute Gasteiger partial charge is 0.322 e. The lowest BCUT2D eigenvalue weighted by Gasteiger charge is -2.05. The molecular formula is C22H15F2N3O2S. The van der Waals surface area contributed by atoms with Crippen LogP contribution in [0.3, 0.4) is 0 Å². The minimum absolute atomic E-state index is 0.318. The van der Waals surface area contributed by atoms with Crippen LogP contribution >= 0.6 is 11.3 Å². The van der Waals surface area contributed by atoms with Gasteiger partial charge in [-0.25, -0.2) is 13.8 Å². The van der Waals surface area contributed by atoms with Crippen molar-refractivity contribution in [2.45, 2.75) is 6.92 Å². The van der Waals surface area contributed by atoms with Crippen LogP contribution in [0.25, 0.3) is 10.2 Å². The van der Waals surface area contributed by atoms with Gasteiger partial charge >= 0.3 is 0 Å². The molecule has 0 aliphatic heterocycles. The molecule has 8 heteroatoms. The lowest BCUT2D eigenvalue weighted by molar-refractivity contribution is 0.102. The first-order chi connectivity index (χ1) is 14.4. The molecule has 2 amide bonds. The zero-order chi connectivity index (χ0) is 21.3. The van der Waals surface area contributed by atoms with Crippen molar-refractivity contribution in [3.63, 3.8) is 0 Å². The van der Waals surface area contributed by atoms with Crippen molar-refractivity contribution in [3.05, 3.63) is 88.4 Å². The molecule has 150 valence electrons. The molecule has 2 aromatic heterocycles. The SMILES string of the molecule is Cc1c(C(=O)Nc2ccc(F)cc2)sc2ncc(C(=O)Nc3ccc(F)cc3)cc12. The molecule has 4 aromatic rings. The maximum absolute atomic E-state index is 13.0. The molecule has 0 radical (unpaired) electrons. The molecule has 2 N–H and O–H groups in total. The summed E-state index contributed by atoms with van der Waals surface area (Å²) in [6.45, 7) is 1.78. The highest BCUT2D eigenvalue weighted by molar-refractivity contribution is 7.20. The van der Waals surface area contributed by atoms with Gasteiger partial charge in [-0.15, -0.1) is 11.3 Å². The number of hydrogen-bond donors (Lipinski definition) is 2. The maximum Gasteiger partial charge on any atom is 0.266 e. The quantitative estimate of drug-likeness (QED) is 0.462. The summed E-state index contributed by atoms with van der Waals surface area (Å²) in [6, 6.07) is 12.6. The lowest BCUT2D eigenvalue weighted by atomic mass is 10.1. The van der Waals surface area contributed by atoms with Crippen LogP contribution in [0.2, 0.25) is 0 Å².